The highest BCUT2D eigenvalue weighted by Gasteiger charge is 2.24. The van der Waals surface area contributed by atoms with Crippen LogP contribution in [0.25, 0.3) is 0 Å². The predicted octanol–water partition coefficient (Wildman–Crippen LogP) is 4.06. The van der Waals surface area contributed by atoms with Crippen molar-refractivity contribution >= 4 is 28.9 Å². The second-order valence-electron chi connectivity index (χ2n) is 5.67. The van der Waals surface area contributed by atoms with E-state index < -0.39 is 0 Å². The number of halogens is 1. The van der Waals surface area contributed by atoms with Crippen molar-refractivity contribution in [3.05, 3.63) is 23.2 Å². The Kier molecular flexibility index (Phi) is 5.48. The van der Waals surface area contributed by atoms with E-state index in [1.807, 2.05) is 19.1 Å². The lowest BCUT2D eigenvalue weighted by molar-refractivity contribution is -0.115. The average molecular weight is 311 g/mol. The fourth-order valence-corrected chi connectivity index (χ4v) is 2.88. The molecule has 2 atom stereocenters. The Balaban J connectivity index is 2.08. The summed E-state index contributed by atoms with van der Waals surface area (Å²) in [5, 5.41) is 6.99. The largest absolute Gasteiger partial charge is 0.381 e. The van der Waals surface area contributed by atoms with Crippen molar-refractivity contribution in [2.75, 3.05) is 10.6 Å². The minimum absolute atomic E-state index is 0.00316. The van der Waals surface area contributed by atoms with Crippen LogP contribution in [0.2, 0.25) is 5.02 Å². The molecule has 4 nitrogen and oxygen atoms in total. The summed E-state index contributed by atoms with van der Waals surface area (Å²) in [4.78, 5) is 11.5. The van der Waals surface area contributed by atoms with Crippen molar-refractivity contribution in [2.24, 2.45) is 0 Å². The van der Waals surface area contributed by atoms with E-state index in [2.05, 4.69) is 24.5 Å². The zero-order chi connectivity index (χ0) is 15.4. The smallest absolute Gasteiger partial charge is 0.224 e. The summed E-state index contributed by atoms with van der Waals surface area (Å²) < 4.78 is 5.75. The Hall–Kier alpha value is -1.26. The maximum atomic E-state index is 11.5. The fourth-order valence-electron chi connectivity index (χ4n) is 2.71. The van der Waals surface area contributed by atoms with E-state index in [1.54, 1.807) is 6.07 Å². The molecule has 116 valence electrons. The number of nitrogens with one attached hydrogen (secondary N) is 2. The normalized spacial score (nSPS) is 25.4. The standard InChI is InChI=1S/C16H23ClN2O2/c1-4-16(20)19-12-5-6-14(17)15(9-12)18-13-7-10(2)21-11(3)8-13/h5-6,9-11,13,18H,4,7-8H2,1-3H3,(H,19,20). The van der Waals surface area contributed by atoms with Crippen LogP contribution in [0.5, 0.6) is 0 Å². The van der Waals surface area contributed by atoms with Gasteiger partial charge in [0.25, 0.3) is 0 Å². The molecule has 1 saturated heterocycles. The highest BCUT2D eigenvalue weighted by Crippen LogP contribution is 2.29. The molecule has 2 N–H and O–H groups in total. The van der Waals surface area contributed by atoms with E-state index >= 15 is 0 Å². The second-order valence-corrected chi connectivity index (χ2v) is 6.07. The van der Waals surface area contributed by atoms with Crippen LogP contribution in [0.3, 0.4) is 0 Å². The van der Waals surface area contributed by atoms with Crippen molar-refractivity contribution in [3.8, 4) is 0 Å². The van der Waals surface area contributed by atoms with Gasteiger partial charge in [0.15, 0.2) is 0 Å². The van der Waals surface area contributed by atoms with Gasteiger partial charge in [-0.2, -0.15) is 0 Å². The van der Waals surface area contributed by atoms with Crippen LogP contribution in [0.1, 0.15) is 40.0 Å². The van der Waals surface area contributed by atoms with Gasteiger partial charge >= 0.3 is 0 Å². The topological polar surface area (TPSA) is 50.4 Å². The zero-order valence-corrected chi connectivity index (χ0v) is 13.5. The van der Waals surface area contributed by atoms with Crippen molar-refractivity contribution in [1.82, 2.24) is 0 Å². The SMILES string of the molecule is CCC(=O)Nc1ccc(Cl)c(NC2CC(C)OC(C)C2)c1. The Morgan fingerprint density at radius 3 is 2.62 bits per heavy atom. The summed E-state index contributed by atoms with van der Waals surface area (Å²) in [6.45, 7) is 6.00. The summed E-state index contributed by atoms with van der Waals surface area (Å²) >= 11 is 6.25. The number of carbonyl (C=O) groups is 1. The molecule has 0 spiro atoms. The van der Waals surface area contributed by atoms with Crippen LogP contribution in [0.4, 0.5) is 11.4 Å². The zero-order valence-electron chi connectivity index (χ0n) is 12.8. The molecule has 0 bridgehead atoms. The van der Waals surface area contributed by atoms with Crippen LogP contribution >= 0.6 is 11.6 Å². The average Bonchev–Trinajstić information content (AvgIpc) is 2.41. The van der Waals surface area contributed by atoms with Crippen LogP contribution in [0.15, 0.2) is 18.2 Å². The third-order valence-electron chi connectivity index (χ3n) is 3.63. The lowest BCUT2D eigenvalue weighted by atomic mass is 9.99. The Morgan fingerprint density at radius 1 is 1.33 bits per heavy atom. The molecule has 1 aromatic carbocycles. The van der Waals surface area contributed by atoms with Gasteiger partial charge in [0, 0.05) is 18.2 Å². The van der Waals surface area contributed by atoms with Crippen molar-refractivity contribution < 1.29 is 9.53 Å². The van der Waals surface area contributed by atoms with Crippen molar-refractivity contribution in [1.29, 1.82) is 0 Å². The molecule has 5 heteroatoms. The van der Waals surface area contributed by atoms with E-state index in [-0.39, 0.29) is 18.1 Å². The van der Waals surface area contributed by atoms with Gasteiger partial charge < -0.3 is 15.4 Å². The Labute approximate surface area is 131 Å². The summed E-state index contributed by atoms with van der Waals surface area (Å²) in [6, 6.07) is 5.84. The molecule has 1 aliphatic rings. The highest BCUT2D eigenvalue weighted by molar-refractivity contribution is 6.33. The highest BCUT2D eigenvalue weighted by atomic mass is 35.5. The first-order chi connectivity index (χ1) is 9.97. The summed E-state index contributed by atoms with van der Waals surface area (Å²) in [7, 11) is 0. The fraction of sp³-hybridized carbons (Fsp3) is 0.562. The van der Waals surface area contributed by atoms with E-state index in [4.69, 9.17) is 16.3 Å². The van der Waals surface area contributed by atoms with E-state index in [1.165, 1.54) is 0 Å². The quantitative estimate of drug-likeness (QED) is 0.882. The van der Waals surface area contributed by atoms with E-state index in [0.717, 1.165) is 24.2 Å². The number of carbonyl (C=O) groups excluding carboxylic acids is 1. The van der Waals surface area contributed by atoms with Gasteiger partial charge in [-0.1, -0.05) is 18.5 Å². The van der Waals surface area contributed by atoms with E-state index in [9.17, 15) is 4.79 Å². The second kappa shape index (κ2) is 7.14. The van der Waals surface area contributed by atoms with Crippen molar-refractivity contribution in [2.45, 2.75) is 58.3 Å². The molecule has 2 unspecified atom stereocenters. The van der Waals surface area contributed by atoms with Crippen LogP contribution in [-0.4, -0.2) is 24.2 Å². The molecule has 2 rings (SSSR count). The van der Waals surface area contributed by atoms with Gasteiger partial charge in [-0.05, 0) is 44.9 Å². The number of hydrogen-bond donors (Lipinski definition) is 2. The third kappa shape index (κ3) is 4.61. The molecule has 0 aromatic heterocycles. The monoisotopic (exact) mass is 310 g/mol. The number of amides is 1. The molecule has 0 radical (unpaired) electrons. The number of benzene rings is 1. The summed E-state index contributed by atoms with van der Waals surface area (Å²) in [6.07, 6.45) is 2.85. The molecule has 1 aromatic rings. The maximum absolute atomic E-state index is 11.5. The first kappa shape index (κ1) is 16.1. The minimum atomic E-state index is -0.00316. The summed E-state index contributed by atoms with van der Waals surface area (Å²) in [5.41, 5.74) is 1.62. The number of ether oxygens (including phenoxy) is 1. The van der Waals surface area contributed by atoms with Crippen LogP contribution < -0.4 is 10.6 Å². The molecule has 21 heavy (non-hydrogen) atoms. The third-order valence-corrected chi connectivity index (χ3v) is 3.96. The number of hydrogen-bond acceptors (Lipinski definition) is 3. The molecular weight excluding hydrogens is 288 g/mol. The molecule has 1 heterocycles. The predicted molar refractivity (Wildman–Crippen MR) is 87.0 cm³/mol. The molecule has 0 aliphatic carbocycles. The van der Waals surface area contributed by atoms with E-state index in [0.29, 0.717) is 17.5 Å². The molecule has 1 aliphatic heterocycles. The first-order valence-electron chi connectivity index (χ1n) is 7.49. The van der Waals surface area contributed by atoms with Crippen LogP contribution in [0, 0.1) is 0 Å². The van der Waals surface area contributed by atoms with Crippen LogP contribution in [-0.2, 0) is 9.53 Å². The number of rotatable bonds is 4. The molecule has 1 amide bonds. The Bertz CT molecular complexity index is 497. The lowest BCUT2D eigenvalue weighted by Gasteiger charge is -2.33. The van der Waals surface area contributed by atoms with Gasteiger partial charge in [-0.15, -0.1) is 0 Å². The van der Waals surface area contributed by atoms with Gasteiger partial charge in [0.1, 0.15) is 0 Å². The molecule has 0 saturated carbocycles. The first-order valence-corrected chi connectivity index (χ1v) is 7.87. The maximum Gasteiger partial charge on any atom is 0.224 e. The number of anilines is 2. The van der Waals surface area contributed by atoms with Gasteiger partial charge in [-0.3, -0.25) is 4.79 Å². The Morgan fingerprint density at radius 2 is 2.00 bits per heavy atom. The van der Waals surface area contributed by atoms with Gasteiger partial charge in [-0.25, -0.2) is 0 Å². The lowest BCUT2D eigenvalue weighted by Crippen LogP contribution is -2.36. The molecular formula is C16H23ClN2O2. The molecule has 1 fully saturated rings. The minimum Gasteiger partial charge on any atom is -0.381 e. The van der Waals surface area contributed by atoms with Crippen molar-refractivity contribution in [3.63, 3.8) is 0 Å². The summed E-state index contributed by atoms with van der Waals surface area (Å²) in [5.74, 6) is -0.00316. The van der Waals surface area contributed by atoms with Gasteiger partial charge in [0.2, 0.25) is 5.91 Å². The van der Waals surface area contributed by atoms with Gasteiger partial charge in [0.05, 0.1) is 22.9 Å².